The van der Waals surface area contributed by atoms with E-state index in [1.807, 2.05) is 13.8 Å². The van der Waals surface area contributed by atoms with E-state index < -0.39 is 6.04 Å². The fourth-order valence-corrected chi connectivity index (χ4v) is 3.66. The van der Waals surface area contributed by atoms with Crippen LogP contribution in [0.3, 0.4) is 0 Å². The molecule has 0 bridgehead atoms. The van der Waals surface area contributed by atoms with Gasteiger partial charge in [-0.15, -0.1) is 0 Å². The Morgan fingerprint density at radius 3 is 2.44 bits per heavy atom. The third-order valence-electron chi connectivity index (χ3n) is 4.46. The summed E-state index contributed by atoms with van der Waals surface area (Å²) in [5.74, 6) is -0.187. The van der Waals surface area contributed by atoms with E-state index in [0.29, 0.717) is 17.0 Å². The van der Waals surface area contributed by atoms with Crippen molar-refractivity contribution in [3.05, 3.63) is 33.8 Å². The second-order valence-electron chi connectivity index (χ2n) is 7.12. The average molecular weight is 385 g/mol. The van der Waals surface area contributed by atoms with E-state index in [1.165, 1.54) is 12.5 Å². The Labute approximate surface area is 159 Å². The molecule has 1 fully saturated rings. The van der Waals surface area contributed by atoms with Crippen molar-refractivity contribution < 1.29 is 9.59 Å². The smallest absolute Gasteiger partial charge is 0.253 e. The maximum Gasteiger partial charge on any atom is 0.253 e. The molecule has 1 atom stereocenters. The number of rotatable bonds is 6. The van der Waals surface area contributed by atoms with Crippen LogP contribution in [0.15, 0.2) is 18.2 Å². The molecule has 0 aliphatic heterocycles. The van der Waals surface area contributed by atoms with Gasteiger partial charge in [-0.05, 0) is 43.4 Å². The maximum absolute atomic E-state index is 12.7. The van der Waals surface area contributed by atoms with Gasteiger partial charge < -0.3 is 10.6 Å². The molecule has 6 heteroatoms. The minimum atomic E-state index is -0.568. The Bertz CT molecular complexity index is 613. The Morgan fingerprint density at radius 1 is 1.16 bits per heavy atom. The molecule has 1 aliphatic rings. The lowest BCUT2D eigenvalue weighted by molar-refractivity contribution is -0.124. The van der Waals surface area contributed by atoms with Crippen LogP contribution in [-0.2, 0) is 4.79 Å². The molecule has 1 unspecified atom stereocenters. The normalized spacial score (nSPS) is 16.5. The summed E-state index contributed by atoms with van der Waals surface area (Å²) in [6.45, 7) is 4.06. The van der Waals surface area contributed by atoms with E-state index in [2.05, 4.69) is 10.6 Å². The van der Waals surface area contributed by atoms with Crippen LogP contribution in [0.2, 0.25) is 10.0 Å². The standard InChI is InChI=1S/C19H26Cl2N2O2/c1-12(2)10-17(19(25)22-14-6-4-3-5-7-14)23-18(24)15-9-8-13(20)11-16(15)21/h8-9,11-12,14,17H,3-7,10H2,1-2H3,(H,22,25)(H,23,24). The number of carbonyl (C=O) groups excluding carboxylic acids is 2. The minimum absolute atomic E-state index is 0.112. The predicted octanol–water partition coefficient (Wildman–Crippen LogP) is 4.59. The molecular weight excluding hydrogens is 359 g/mol. The van der Waals surface area contributed by atoms with Gasteiger partial charge in [0.1, 0.15) is 6.04 Å². The van der Waals surface area contributed by atoms with Crippen molar-refractivity contribution in [3.63, 3.8) is 0 Å². The van der Waals surface area contributed by atoms with Crippen molar-refractivity contribution in [3.8, 4) is 0 Å². The van der Waals surface area contributed by atoms with Crippen LogP contribution in [0.4, 0.5) is 0 Å². The first-order chi connectivity index (χ1) is 11.9. The summed E-state index contributed by atoms with van der Waals surface area (Å²) in [6.07, 6.45) is 6.12. The first-order valence-electron chi connectivity index (χ1n) is 8.93. The SMILES string of the molecule is CC(C)CC(NC(=O)c1ccc(Cl)cc1Cl)C(=O)NC1CCCCC1. The van der Waals surface area contributed by atoms with Crippen molar-refractivity contribution in [2.24, 2.45) is 5.92 Å². The molecule has 1 aromatic rings. The van der Waals surface area contributed by atoms with Crippen LogP contribution in [0.5, 0.6) is 0 Å². The molecule has 1 aromatic carbocycles. The lowest BCUT2D eigenvalue weighted by atomic mass is 9.94. The first kappa shape index (κ1) is 20.1. The summed E-state index contributed by atoms with van der Waals surface area (Å²) in [7, 11) is 0. The van der Waals surface area contributed by atoms with Gasteiger partial charge in [0.15, 0.2) is 0 Å². The molecule has 0 saturated heterocycles. The van der Waals surface area contributed by atoms with Gasteiger partial charge in [-0.25, -0.2) is 0 Å². The van der Waals surface area contributed by atoms with Gasteiger partial charge in [-0.2, -0.15) is 0 Å². The van der Waals surface area contributed by atoms with Crippen LogP contribution < -0.4 is 10.6 Å². The summed E-state index contributed by atoms with van der Waals surface area (Å²) in [5, 5.41) is 6.68. The second-order valence-corrected chi connectivity index (χ2v) is 7.97. The molecule has 2 rings (SSSR count). The number of hydrogen-bond acceptors (Lipinski definition) is 2. The Kier molecular flexibility index (Phi) is 7.57. The van der Waals surface area contributed by atoms with E-state index in [0.717, 1.165) is 25.7 Å². The first-order valence-corrected chi connectivity index (χ1v) is 9.68. The largest absolute Gasteiger partial charge is 0.352 e. The molecule has 0 spiro atoms. The molecular formula is C19H26Cl2N2O2. The van der Waals surface area contributed by atoms with Crippen molar-refractivity contribution in [1.29, 1.82) is 0 Å². The van der Waals surface area contributed by atoms with Gasteiger partial charge in [0.25, 0.3) is 5.91 Å². The quantitative estimate of drug-likeness (QED) is 0.753. The van der Waals surface area contributed by atoms with Crippen LogP contribution in [0, 0.1) is 5.92 Å². The topological polar surface area (TPSA) is 58.2 Å². The summed E-state index contributed by atoms with van der Waals surface area (Å²) in [5.41, 5.74) is 0.324. The van der Waals surface area contributed by atoms with Gasteiger partial charge in [-0.3, -0.25) is 9.59 Å². The fraction of sp³-hybridized carbons (Fsp3) is 0.579. The summed E-state index contributed by atoms with van der Waals surface area (Å²) in [4.78, 5) is 25.2. The Hall–Kier alpha value is -1.26. The van der Waals surface area contributed by atoms with Crippen molar-refractivity contribution in [1.82, 2.24) is 10.6 Å². The maximum atomic E-state index is 12.7. The van der Waals surface area contributed by atoms with E-state index in [-0.39, 0.29) is 28.8 Å². The zero-order chi connectivity index (χ0) is 18.4. The van der Waals surface area contributed by atoms with E-state index in [1.54, 1.807) is 12.1 Å². The summed E-state index contributed by atoms with van der Waals surface area (Å²) < 4.78 is 0. The molecule has 4 nitrogen and oxygen atoms in total. The van der Waals surface area contributed by atoms with Gasteiger partial charge in [0, 0.05) is 11.1 Å². The van der Waals surface area contributed by atoms with Crippen molar-refractivity contribution in [2.75, 3.05) is 0 Å². The molecule has 138 valence electrons. The molecule has 0 radical (unpaired) electrons. The molecule has 2 N–H and O–H groups in total. The monoisotopic (exact) mass is 384 g/mol. The molecule has 1 aliphatic carbocycles. The molecule has 0 heterocycles. The third-order valence-corrected chi connectivity index (χ3v) is 5.00. The van der Waals surface area contributed by atoms with Gasteiger partial charge >= 0.3 is 0 Å². The number of benzene rings is 1. The lowest BCUT2D eigenvalue weighted by Gasteiger charge is -2.26. The molecule has 2 amide bonds. The van der Waals surface area contributed by atoms with Gasteiger partial charge in [0.05, 0.1) is 10.6 Å². The Morgan fingerprint density at radius 2 is 1.84 bits per heavy atom. The summed E-state index contributed by atoms with van der Waals surface area (Å²) in [6, 6.07) is 4.36. The van der Waals surface area contributed by atoms with Crippen LogP contribution in [0.25, 0.3) is 0 Å². The predicted molar refractivity (Wildman–Crippen MR) is 102 cm³/mol. The highest BCUT2D eigenvalue weighted by molar-refractivity contribution is 6.36. The van der Waals surface area contributed by atoms with Gasteiger partial charge in [0.2, 0.25) is 5.91 Å². The zero-order valence-corrected chi connectivity index (χ0v) is 16.3. The number of nitrogens with one attached hydrogen (secondary N) is 2. The number of carbonyl (C=O) groups is 2. The van der Waals surface area contributed by atoms with Crippen molar-refractivity contribution >= 4 is 35.0 Å². The van der Waals surface area contributed by atoms with Gasteiger partial charge in [-0.1, -0.05) is 56.3 Å². The third kappa shape index (κ3) is 6.19. The highest BCUT2D eigenvalue weighted by atomic mass is 35.5. The second kappa shape index (κ2) is 9.44. The van der Waals surface area contributed by atoms with Crippen LogP contribution >= 0.6 is 23.2 Å². The van der Waals surface area contributed by atoms with E-state index in [4.69, 9.17) is 23.2 Å². The number of amides is 2. The lowest BCUT2D eigenvalue weighted by Crippen LogP contribution is -2.50. The molecule has 1 saturated carbocycles. The molecule has 0 aromatic heterocycles. The summed E-state index contributed by atoms with van der Waals surface area (Å²) >= 11 is 12.0. The highest BCUT2D eigenvalue weighted by Gasteiger charge is 2.26. The fourth-order valence-electron chi connectivity index (χ4n) is 3.16. The van der Waals surface area contributed by atoms with Crippen LogP contribution in [-0.4, -0.2) is 23.9 Å². The number of halogens is 2. The van der Waals surface area contributed by atoms with Crippen molar-refractivity contribution in [2.45, 2.75) is 64.5 Å². The minimum Gasteiger partial charge on any atom is -0.352 e. The number of hydrogen-bond donors (Lipinski definition) is 2. The zero-order valence-electron chi connectivity index (χ0n) is 14.8. The van der Waals surface area contributed by atoms with E-state index >= 15 is 0 Å². The Balaban J connectivity index is 2.05. The molecule has 25 heavy (non-hydrogen) atoms. The average Bonchev–Trinajstić information content (AvgIpc) is 2.54. The highest BCUT2D eigenvalue weighted by Crippen LogP contribution is 2.21. The van der Waals surface area contributed by atoms with Crippen LogP contribution in [0.1, 0.15) is 62.7 Å². The van der Waals surface area contributed by atoms with E-state index in [9.17, 15) is 9.59 Å².